The highest BCUT2D eigenvalue weighted by Crippen LogP contribution is 2.33. The number of hydrogen-bond donors (Lipinski definition) is 4. The highest BCUT2D eigenvalue weighted by atomic mass is 32.1. The quantitative estimate of drug-likeness (QED) is 0.546. The number of hydrogen-bond acceptors (Lipinski definition) is 5. The zero-order valence-electron chi connectivity index (χ0n) is 6.27. The summed E-state index contributed by atoms with van der Waals surface area (Å²) in [7, 11) is 0. The van der Waals surface area contributed by atoms with Crippen LogP contribution in [0.5, 0.6) is 0 Å². The molecule has 0 amide bonds. The second kappa shape index (κ2) is 2.94. The minimum absolute atomic E-state index is 0.0950. The number of nitrogens with two attached hydrogens (primary N) is 2. The van der Waals surface area contributed by atoms with Crippen LogP contribution in [0.3, 0.4) is 0 Å². The van der Waals surface area contributed by atoms with Crippen LogP contribution in [0.25, 0.3) is 0 Å². The van der Waals surface area contributed by atoms with Gasteiger partial charge in [-0.1, -0.05) is 0 Å². The smallest absolute Gasteiger partial charge is 0.348 e. The number of aromatic carboxylic acids is 2. The maximum atomic E-state index is 10.5. The summed E-state index contributed by atoms with van der Waals surface area (Å²) in [4.78, 5) is 20.8. The number of thiophene rings is 1. The molecule has 13 heavy (non-hydrogen) atoms. The molecule has 0 saturated carbocycles. The lowest BCUT2D eigenvalue weighted by atomic mass is 10.2. The SMILES string of the molecule is Nc1sc(C(=O)O)c(N)c1C(=O)O. The first-order valence-corrected chi connectivity index (χ1v) is 3.91. The Morgan fingerprint density at radius 3 is 1.92 bits per heavy atom. The molecule has 1 aromatic rings. The summed E-state index contributed by atoms with van der Waals surface area (Å²) in [5.74, 6) is -2.60. The Morgan fingerprint density at radius 2 is 1.69 bits per heavy atom. The summed E-state index contributed by atoms with van der Waals surface area (Å²) >= 11 is 0.650. The minimum atomic E-state index is -1.32. The van der Waals surface area contributed by atoms with Gasteiger partial charge in [-0.15, -0.1) is 11.3 Å². The van der Waals surface area contributed by atoms with Crippen LogP contribution in [0.1, 0.15) is 20.0 Å². The van der Waals surface area contributed by atoms with Crippen LogP contribution < -0.4 is 11.5 Å². The van der Waals surface area contributed by atoms with E-state index < -0.39 is 11.9 Å². The van der Waals surface area contributed by atoms with Crippen LogP contribution in [0, 0.1) is 0 Å². The van der Waals surface area contributed by atoms with Crippen molar-refractivity contribution in [1.29, 1.82) is 0 Å². The normalized spacial score (nSPS) is 9.85. The van der Waals surface area contributed by atoms with E-state index in [1.54, 1.807) is 0 Å². The van der Waals surface area contributed by atoms with Gasteiger partial charge in [-0.3, -0.25) is 0 Å². The van der Waals surface area contributed by atoms with Crippen molar-refractivity contribution in [3.05, 3.63) is 10.4 Å². The van der Waals surface area contributed by atoms with Crippen molar-refractivity contribution in [3.63, 3.8) is 0 Å². The van der Waals surface area contributed by atoms with E-state index in [1.165, 1.54) is 0 Å². The fraction of sp³-hybridized carbons (Fsp3) is 0. The molecule has 1 aromatic heterocycles. The van der Waals surface area contributed by atoms with Gasteiger partial charge in [-0.25, -0.2) is 9.59 Å². The van der Waals surface area contributed by atoms with Gasteiger partial charge in [-0.2, -0.15) is 0 Å². The van der Waals surface area contributed by atoms with Crippen LogP contribution in [0.4, 0.5) is 10.7 Å². The fourth-order valence-electron chi connectivity index (χ4n) is 0.842. The molecule has 0 spiro atoms. The largest absolute Gasteiger partial charge is 0.478 e. The highest BCUT2D eigenvalue weighted by molar-refractivity contribution is 7.18. The van der Waals surface area contributed by atoms with Crippen LogP contribution in [-0.4, -0.2) is 22.2 Å². The number of nitrogen functional groups attached to an aromatic ring is 2. The number of carboxylic acid groups (broad SMARTS) is 2. The Kier molecular flexibility index (Phi) is 2.11. The monoisotopic (exact) mass is 202 g/mol. The molecule has 0 aliphatic rings. The Morgan fingerprint density at radius 1 is 1.15 bits per heavy atom. The van der Waals surface area contributed by atoms with Gasteiger partial charge < -0.3 is 21.7 Å². The van der Waals surface area contributed by atoms with Gasteiger partial charge in [0, 0.05) is 0 Å². The number of carboxylic acids is 2. The average molecular weight is 202 g/mol. The predicted octanol–water partition coefficient (Wildman–Crippen LogP) is 0.309. The van der Waals surface area contributed by atoms with E-state index in [0.29, 0.717) is 11.3 Å². The molecule has 0 atom stereocenters. The van der Waals surface area contributed by atoms with Crippen LogP contribution in [0.2, 0.25) is 0 Å². The molecular weight excluding hydrogens is 196 g/mol. The Bertz CT molecular complexity index is 384. The summed E-state index contributed by atoms with van der Waals surface area (Å²) in [5.41, 5.74) is 9.93. The van der Waals surface area contributed by atoms with Crippen molar-refractivity contribution in [3.8, 4) is 0 Å². The molecule has 0 saturated heterocycles. The van der Waals surface area contributed by atoms with E-state index in [9.17, 15) is 9.59 Å². The first kappa shape index (κ1) is 9.33. The van der Waals surface area contributed by atoms with Gasteiger partial charge in [0.2, 0.25) is 0 Å². The van der Waals surface area contributed by atoms with E-state index in [0.717, 1.165) is 0 Å². The second-order valence-corrected chi connectivity index (χ2v) is 3.25. The highest BCUT2D eigenvalue weighted by Gasteiger charge is 2.23. The molecule has 0 aliphatic heterocycles. The predicted molar refractivity (Wildman–Crippen MR) is 47.1 cm³/mol. The standard InChI is InChI=1S/C6H6N2O4S/c7-2-1(5(9)10)4(8)13-3(2)6(11)12/h7-8H2,(H,9,10)(H,11,12). The summed E-state index contributed by atoms with van der Waals surface area (Å²) in [6, 6.07) is 0. The molecule has 0 aliphatic carbocycles. The third-order valence-electron chi connectivity index (χ3n) is 1.38. The first-order chi connectivity index (χ1) is 5.95. The lowest BCUT2D eigenvalue weighted by Gasteiger charge is -1.93. The minimum Gasteiger partial charge on any atom is -0.478 e. The summed E-state index contributed by atoms with van der Waals surface area (Å²) in [5, 5.41) is 17.1. The lowest BCUT2D eigenvalue weighted by Crippen LogP contribution is -2.04. The molecule has 70 valence electrons. The third kappa shape index (κ3) is 1.41. The molecule has 0 bridgehead atoms. The van der Waals surface area contributed by atoms with E-state index in [2.05, 4.69) is 0 Å². The van der Waals surface area contributed by atoms with Crippen molar-refractivity contribution in [2.24, 2.45) is 0 Å². The summed E-state index contributed by atoms with van der Waals surface area (Å²) in [6.45, 7) is 0. The van der Waals surface area contributed by atoms with Gasteiger partial charge >= 0.3 is 11.9 Å². The van der Waals surface area contributed by atoms with Crippen molar-refractivity contribution in [2.45, 2.75) is 0 Å². The molecule has 6 nitrogen and oxygen atoms in total. The maximum absolute atomic E-state index is 10.5. The van der Waals surface area contributed by atoms with Gasteiger partial charge in [0.05, 0.1) is 5.69 Å². The molecule has 1 heterocycles. The molecule has 0 unspecified atom stereocenters. The van der Waals surface area contributed by atoms with Crippen LogP contribution >= 0.6 is 11.3 Å². The Hall–Kier alpha value is -1.76. The van der Waals surface area contributed by atoms with Gasteiger partial charge in [0.25, 0.3) is 0 Å². The summed E-state index contributed by atoms with van der Waals surface area (Å²) < 4.78 is 0. The molecule has 0 fully saturated rings. The zero-order valence-corrected chi connectivity index (χ0v) is 7.09. The number of carbonyl (C=O) groups is 2. The topological polar surface area (TPSA) is 127 Å². The van der Waals surface area contributed by atoms with E-state index in [4.69, 9.17) is 21.7 Å². The fourth-order valence-corrected chi connectivity index (χ4v) is 1.66. The number of rotatable bonds is 2. The molecule has 7 heteroatoms. The van der Waals surface area contributed by atoms with Crippen molar-refractivity contribution >= 4 is 34.0 Å². The van der Waals surface area contributed by atoms with Gasteiger partial charge in [-0.05, 0) is 0 Å². The molecule has 0 aromatic carbocycles. The Labute approximate surface area is 76.4 Å². The molecular formula is C6H6N2O4S. The van der Waals surface area contributed by atoms with Crippen molar-refractivity contribution < 1.29 is 19.8 Å². The van der Waals surface area contributed by atoms with Crippen LogP contribution in [0.15, 0.2) is 0 Å². The van der Waals surface area contributed by atoms with E-state index >= 15 is 0 Å². The van der Waals surface area contributed by atoms with Crippen molar-refractivity contribution in [1.82, 2.24) is 0 Å². The molecule has 1 rings (SSSR count). The first-order valence-electron chi connectivity index (χ1n) is 3.09. The number of anilines is 2. The maximum Gasteiger partial charge on any atom is 0.348 e. The zero-order chi connectivity index (χ0) is 10.2. The van der Waals surface area contributed by atoms with Crippen LogP contribution in [-0.2, 0) is 0 Å². The second-order valence-electron chi connectivity index (χ2n) is 2.19. The van der Waals surface area contributed by atoms with E-state index in [1.807, 2.05) is 0 Å². The molecule has 0 radical (unpaired) electrons. The third-order valence-corrected chi connectivity index (χ3v) is 2.40. The average Bonchev–Trinajstić information content (AvgIpc) is 2.26. The Balaban J connectivity index is 3.39. The summed E-state index contributed by atoms with van der Waals surface area (Å²) in [6.07, 6.45) is 0. The van der Waals surface area contributed by atoms with Gasteiger partial charge in [0.1, 0.15) is 15.4 Å². The van der Waals surface area contributed by atoms with Crippen molar-refractivity contribution in [2.75, 3.05) is 11.5 Å². The lowest BCUT2D eigenvalue weighted by molar-refractivity contribution is 0.0696. The molecule has 6 N–H and O–H groups in total. The van der Waals surface area contributed by atoms with Gasteiger partial charge in [0.15, 0.2) is 0 Å². The van der Waals surface area contributed by atoms with E-state index in [-0.39, 0.29) is 21.1 Å².